The summed E-state index contributed by atoms with van der Waals surface area (Å²) in [5.74, 6) is -0.133. The zero-order valence-corrected chi connectivity index (χ0v) is 24.8. The quantitative estimate of drug-likeness (QED) is 0.131. The number of carbonyl (C=O) groups is 1. The molecule has 0 aliphatic carbocycles. The molecule has 222 valence electrons. The standard InChI is InChI=1S/C39H33N3O3/c43-39(44)38-31(21-11-25-45-34-22-9-17-27-14-7-8-18-29(27)34)30-19-10-20-32(37(30)40-38)35-33(24-23-26-12-3-1-4-13-26)41-42-36(35)28-15-5-2-6-16-28/h1-10,12-20,22,40H,11,21,23-25H2,(H,41,42)(H,43,44). The number of carboxylic acid groups (broad SMARTS) is 1. The average molecular weight is 592 g/mol. The van der Waals surface area contributed by atoms with Gasteiger partial charge in [0.1, 0.15) is 17.1 Å². The molecule has 7 aromatic rings. The van der Waals surface area contributed by atoms with Crippen molar-refractivity contribution < 1.29 is 14.6 Å². The van der Waals surface area contributed by atoms with E-state index in [2.05, 4.69) is 70.7 Å². The highest BCUT2D eigenvalue weighted by Crippen LogP contribution is 2.39. The fourth-order valence-electron chi connectivity index (χ4n) is 6.24. The lowest BCUT2D eigenvalue weighted by atomic mass is 9.94. The summed E-state index contributed by atoms with van der Waals surface area (Å²) in [7, 11) is 0. The first-order chi connectivity index (χ1) is 22.2. The van der Waals surface area contributed by atoms with Crippen molar-refractivity contribution >= 4 is 27.6 Å². The molecule has 2 heterocycles. The molecule has 5 aromatic carbocycles. The zero-order valence-electron chi connectivity index (χ0n) is 24.8. The molecule has 0 spiro atoms. The summed E-state index contributed by atoms with van der Waals surface area (Å²) in [6.07, 6.45) is 2.85. The molecule has 0 radical (unpaired) electrons. The smallest absolute Gasteiger partial charge is 0.352 e. The summed E-state index contributed by atoms with van der Waals surface area (Å²) in [5.41, 5.74) is 7.86. The van der Waals surface area contributed by atoms with Gasteiger partial charge < -0.3 is 14.8 Å². The van der Waals surface area contributed by atoms with Gasteiger partial charge in [0.25, 0.3) is 0 Å². The van der Waals surface area contributed by atoms with Gasteiger partial charge in [0.15, 0.2) is 0 Å². The Morgan fingerprint density at radius 1 is 0.733 bits per heavy atom. The zero-order chi connectivity index (χ0) is 30.6. The minimum absolute atomic E-state index is 0.221. The maximum Gasteiger partial charge on any atom is 0.352 e. The van der Waals surface area contributed by atoms with Gasteiger partial charge in [-0.05, 0) is 48.3 Å². The predicted octanol–water partition coefficient (Wildman–Crippen LogP) is 8.87. The number of nitrogens with zero attached hydrogens (tertiary/aromatic N) is 1. The van der Waals surface area contributed by atoms with Gasteiger partial charge in [-0.3, -0.25) is 5.10 Å². The largest absolute Gasteiger partial charge is 0.493 e. The van der Waals surface area contributed by atoms with Crippen molar-refractivity contribution in [1.29, 1.82) is 0 Å². The third-order valence-corrected chi connectivity index (χ3v) is 8.40. The number of aromatic amines is 2. The summed E-state index contributed by atoms with van der Waals surface area (Å²) in [4.78, 5) is 15.8. The first-order valence-corrected chi connectivity index (χ1v) is 15.3. The van der Waals surface area contributed by atoms with Crippen LogP contribution in [0.15, 0.2) is 121 Å². The van der Waals surface area contributed by atoms with Crippen LogP contribution in [0.4, 0.5) is 0 Å². The molecule has 0 aliphatic heterocycles. The second kappa shape index (κ2) is 12.5. The molecule has 45 heavy (non-hydrogen) atoms. The molecule has 0 saturated heterocycles. The van der Waals surface area contributed by atoms with Crippen LogP contribution in [0.5, 0.6) is 5.75 Å². The van der Waals surface area contributed by atoms with Crippen LogP contribution in [0.1, 0.15) is 33.7 Å². The maximum atomic E-state index is 12.5. The van der Waals surface area contributed by atoms with E-state index in [1.807, 2.05) is 60.7 Å². The van der Waals surface area contributed by atoms with E-state index < -0.39 is 5.97 Å². The molecule has 3 N–H and O–H groups in total. The van der Waals surface area contributed by atoms with Gasteiger partial charge in [0, 0.05) is 33.2 Å². The molecule has 0 amide bonds. The molecule has 6 heteroatoms. The number of H-pyrrole nitrogens is 2. The van der Waals surface area contributed by atoms with Crippen LogP contribution in [0, 0.1) is 0 Å². The third kappa shape index (κ3) is 5.70. The molecule has 0 atom stereocenters. The number of hydrogen-bond donors (Lipinski definition) is 3. The predicted molar refractivity (Wildman–Crippen MR) is 180 cm³/mol. The first kappa shape index (κ1) is 28.2. The summed E-state index contributed by atoms with van der Waals surface area (Å²) < 4.78 is 6.19. The van der Waals surface area contributed by atoms with Gasteiger partial charge >= 0.3 is 5.97 Å². The lowest BCUT2D eigenvalue weighted by molar-refractivity contribution is 0.0690. The van der Waals surface area contributed by atoms with Gasteiger partial charge in [-0.1, -0.05) is 115 Å². The number of carboxylic acids is 1. The first-order valence-electron chi connectivity index (χ1n) is 15.3. The van der Waals surface area contributed by atoms with Gasteiger partial charge in [0.2, 0.25) is 0 Å². The normalized spacial score (nSPS) is 11.3. The van der Waals surface area contributed by atoms with E-state index in [4.69, 9.17) is 9.84 Å². The lowest BCUT2D eigenvalue weighted by Crippen LogP contribution is -2.04. The number of ether oxygens (including phenoxy) is 1. The second-order valence-electron chi connectivity index (χ2n) is 11.2. The van der Waals surface area contributed by atoms with E-state index in [1.165, 1.54) is 5.56 Å². The van der Waals surface area contributed by atoms with Crippen LogP contribution in [0.3, 0.4) is 0 Å². The third-order valence-electron chi connectivity index (χ3n) is 8.40. The van der Waals surface area contributed by atoms with Gasteiger partial charge in [-0.2, -0.15) is 5.10 Å². The highest BCUT2D eigenvalue weighted by molar-refractivity contribution is 6.05. The van der Waals surface area contributed by atoms with E-state index in [1.54, 1.807) is 0 Å². The fraction of sp³-hybridized carbons (Fsp3) is 0.128. The van der Waals surface area contributed by atoms with Crippen LogP contribution in [-0.4, -0.2) is 32.9 Å². The Morgan fingerprint density at radius 2 is 1.44 bits per heavy atom. The number of aryl methyl sites for hydroxylation is 3. The Bertz CT molecular complexity index is 2090. The van der Waals surface area contributed by atoms with Crippen molar-refractivity contribution in [1.82, 2.24) is 15.2 Å². The summed E-state index contributed by atoms with van der Waals surface area (Å²) in [6, 6.07) is 40.8. The van der Waals surface area contributed by atoms with Crippen LogP contribution in [-0.2, 0) is 19.3 Å². The Hall–Kier alpha value is -5.62. The molecule has 0 saturated carbocycles. The number of nitrogens with one attached hydrogen (secondary N) is 2. The molecule has 2 aromatic heterocycles. The van der Waals surface area contributed by atoms with Crippen molar-refractivity contribution in [3.8, 4) is 28.1 Å². The maximum absolute atomic E-state index is 12.5. The van der Waals surface area contributed by atoms with Gasteiger partial charge in [-0.15, -0.1) is 0 Å². The van der Waals surface area contributed by atoms with E-state index in [0.717, 1.165) is 73.9 Å². The molecule has 0 aliphatic rings. The van der Waals surface area contributed by atoms with E-state index in [-0.39, 0.29) is 5.69 Å². The van der Waals surface area contributed by atoms with Crippen LogP contribution in [0.2, 0.25) is 0 Å². The second-order valence-corrected chi connectivity index (χ2v) is 11.2. The number of fused-ring (bicyclic) bond motifs is 2. The Kier molecular flexibility index (Phi) is 7.85. The van der Waals surface area contributed by atoms with Crippen molar-refractivity contribution in [3.63, 3.8) is 0 Å². The summed E-state index contributed by atoms with van der Waals surface area (Å²) in [6.45, 7) is 0.475. The molecular formula is C39H33N3O3. The number of rotatable bonds is 11. The lowest BCUT2D eigenvalue weighted by Gasteiger charge is -2.10. The van der Waals surface area contributed by atoms with Gasteiger partial charge in [0.05, 0.1) is 12.1 Å². The van der Waals surface area contributed by atoms with E-state index >= 15 is 0 Å². The van der Waals surface area contributed by atoms with Crippen molar-refractivity contribution in [2.75, 3.05) is 6.61 Å². The molecule has 0 unspecified atom stereocenters. The van der Waals surface area contributed by atoms with E-state index in [9.17, 15) is 9.90 Å². The monoisotopic (exact) mass is 591 g/mol. The molecule has 7 rings (SSSR count). The Labute approximate surface area is 261 Å². The number of benzene rings is 5. The van der Waals surface area contributed by atoms with Gasteiger partial charge in [-0.25, -0.2) is 4.79 Å². The molecule has 6 nitrogen and oxygen atoms in total. The fourth-order valence-corrected chi connectivity index (χ4v) is 6.24. The topological polar surface area (TPSA) is 91.0 Å². The van der Waals surface area contributed by atoms with Crippen molar-refractivity contribution in [2.24, 2.45) is 0 Å². The van der Waals surface area contributed by atoms with Crippen molar-refractivity contribution in [3.05, 3.63) is 144 Å². The highest BCUT2D eigenvalue weighted by atomic mass is 16.5. The number of aromatic nitrogens is 3. The Morgan fingerprint density at radius 3 is 2.27 bits per heavy atom. The van der Waals surface area contributed by atoms with E-state index in [0.29, 0.717) is 19.4 Å². The van der Waals surface area contributed by atoms with Crippen LogP contribution < -0.4 is 4.74 Å². The number of aromatic carboxylic acids is 1. The number of hydrogen-bond acceptors (Lipinski definition) is 3. The summed E-state index contributed by atoms with van der Waals surface area (Å²) in [5, 5.41) is 21.5. The highest BCUT2D eigenvalue weighted by Gasteiger charge is 2.23. The minimum Gasteiger partial charge on any atom is -0.493 e. The molecule has 0 fully saturated rings. The average Bonchev–Trinajstić information content (AvgIpc) is 3.68. The van der Waals surface area contributed by atoms with Crippen LogP contribution in [0.25, 0.3) is 44.1 Å². The van der Waals surface area contributed by atoms with Crippen LogP contribution >= 0.6 is 0 Å². The number of para-hydroxylation sites is 1. The van der Waals surface area contributed by atoms with Crippen molar-refractivity contribution in [2.45, 2.75) is 25.7 Å². The summed E-state index contributed by atoms with van der Waals surface area (Å²) >= 11 is 0. The molecular weight excluding hydrogens is 558 g/mol. The molecule has 0 bridgehead atoms. The SMILES string of the molecule is O=C(O)c1[nH]c2c(-c3c(-c4ccccc4)n[nH]c3CCc3ccccc3)cccc2c1CCCOc1cccc2ccccc12. The Balaban J connectivity index is 1.23. The minimum atomic E-state index is -0.970.